The predicted octanol–water partition coefficient (Wildman–Crippen LogP) is 1.47. The number of thiazole rings is 1. The van der Waals surface area contributed by atoms with Crippen molar-refractivity contribution in [1.29, 1.82) is 0 Å². The number of aliphatic hydroxyl groups is 1. The summed E-state index contributed by atoms with van der Waals surface area (Å²) in [7, 11) is 0. The third-order valence-corrected chi connectivity index (χ3v) is 6.72. The van der Waals surface area contributed by atoms with E-state index in [0.717, 1.165) is 29.1 Å². The van der Waals surface area contributed by atoms with Gasteiger partial charge in [-0.1, -0.05) is 17.7 Å². The highest BCUT2D eigenvalue weighted by Gasteiger charge is 2.40. The maximum absolute atomic E-state index is 12.8. The van der Waals surface area contributed by atoms with E-state index in [9.17, 15) is 19.5 Å². The van der Waals surface area contributed by atoms with Gasteiger partial charge >= 0.3 is 0 Å². The monoisotopic (exact) mass is 446 g/mol. The largest absolute Gasteiger partial charge is 0.391 e. The van der Waals surface area contributed by atoms with Crippen molar-refractivity contribution in [3.63, 3.8) is 0 Å². The molecule has 1 aromatic rings. The molecule has 168 valence electrons. The van der Waals surface area contributed by atoms with Crippen LogP contribution in [0.15, 0.2) is 17.7 Å². The van der Waals surface area contributed by atoms with Crippen molar-refractivity contribution in [2.75, 3.05) is 13.1 Å². The Kier molecular flexibility index (Phi) is 7.27. The number of β-amino-alcohol motifs (C(OH)–C–C–N with tert-alkyl or cyclic N) is 1. The molecule has 9 heteroatoms. The molecule has 0 radical (unpaired) electrons. The average Bonchev–Trinajstić information content (AvgIpc) is 3.27. The molecule has 0 spiro atoms. The molecule has 0 bridgehead atoms. The zero-order valence-corrected chi connectivity index (χ0v) is 19.2. The van der Waals surface area contributed by atoms with Gasteiger partial charge < -0.3 is 20.6 Å². The molecule has 0 aromatic carbocycles. The molecule has 1 fully saturated rings. The zero-order valence-electron chi connectivity index (χ0n) is 18.4. The van der Waals surface area contributed by atoms with E-state index < -0.39 is 18.2 Å². The number of allylic oxidation sites excluding steroid dienone is 3. The van der Waals surface area contributed by atoms with Crippen molar-refractivity contribution in [2.24, 2.45) is 0 Å². The third kappa shape index (κ3) is 5.59. The summed E-state index contributed by atoms with van der Waals surface area (Å²) in [5, 5.41) is 16.5. The van der Waals surface area contributed by atoms with E-state index in [1.807, 2.05) is 19.9 Å². The highest BCUT2D eigenvalue weighted by molar-refractivity contribution is 7.12. The second kappa shape index (κ2) is 9.74. The van der Waals surface area contributed by atoms with Gasteiger partial charge in [0.2, 0.25) is 17.7 Å². The number of aryl methyl sites for hydroxylation is 2. The number of nitrogens with one attached hydrogen (secondary N) is 2. The molecule has 3 rings (SSSR count). The molecule has 3 N–H and O–H groups in total. The number of nitrogens with zero attached hydrogens (tertiary/aromatic N) is 2. The topological polar surface area (TPSA) is 112 Å². The molecule has 2 aliphatic rings. The van der Waals surface area contributed by atoms with Crippen LogP contribution >= 0.6 is 11.3 Å². The predicted molar refractivity (Wildman–Crippen MR) is 119 cm³/mol. The first-order chi connectivity index (χ1) is 14.7. The fourth-order valence-electron chi connectivity index (χ4n) is 4.09. The first-order valence-corrected chi connectivity index (χ1v) is 11.3. The summed E-state index contributed by atoms with van der Waals surface area (Å²) in [6.07, 6.45) is 5.31. The van der Waals surface area contributed by atoms with Crippen molar-refractivity contribution in [3.05, 3.63) is 33.3 Å². The molecule has 1 saturated heterocycles. The van der Waals surface area contributed by atoms with Crippen LogP contribution in [0.2, 0.25) is 0 Å². The summed E-state index contributed by atoms with van der Waals surface area (Å²) in [5.74, 6) is -0.974. The van der Waals surface area contributed by atoms with E-state index in [0.29, 0.717) is 6.54 Å². The van der Waals surface area contributed by atoms with Crippen LogP contribution in [0.4, 0.5) is 0 Å². The Balaban J connectivity index is 1.60. The minimum atomic E-state index is -0.755. The number of amides is 3. The van der Waals surface area contributed by atoms with Crippen LogP contribution in [0.1, 0.15) is 48.7 Å². The minimum absolute atomic E-state index is 0.0866. The minimum Gasteiger partial charge on any atom is -0.391 e. The van der Waals surface area contributed by atoms with E-state index in [1.54, 1.807) is 18.3 Å². The van der Waals surface area contributed by atoms with E-state index in [1.165, 1.54) is 22.3 Å². The summed E-state index contributed by atoms with van der Waals surface area (Å²) in [6.45, 7) is 7.43. The van der Waals surface area contributed by atoms with Gasteiger partial charge in [0.15, 0.2) is 0 Å². The normalized spacial score (nSPS) is 21.9. The van der Waals surface area contributed by atoms with Gasteiger partial charge in [-0.05, 0) is 39.2 Å². The van der Waals surface area contributed by atoms with Crippen molar-refractivity contribution >= 4 is 34.6 Å². The summed E-state index contributed by atoms with van der Waals surface area (Å²) < 4.78 is 0. The van der Waals surface area contributed by atoms with Crippen LogP contribution in [0, 0.1) is 13.8 Å². The Morgan fingerprint density at radius 3 is 2.61 bits per heavy atom. The lowest BCUT2D eigenvalue weighted by Gasteiger charge is -2.27. The Morgan fingerprint density at radius 1 is 1.29 bits per heavy atom. The molecule has 31 heavy (non-hydrogen) atoms. The number of hydrogen-bond donors (Lipinski definition) is 3. The van der Waals surface area contributed by atoms with E-state index in [-0.39, 0.29) is 30.7 Å². The van der Waals surface area contributed by atoms with E-state index >= 15 is 0 Å². The number of hydrogen-bond acceptors (Lipinski definition) is 6. The Bertz CT molecular complexity index is 936. The standard InChI is InChI=1S/C22H30N4O4S/c1-12-20(31-15(4)25-12)17-7-5-16(6-8-17)10-23-21(29)19-9-18(28)11-26(19)22(30)13(2)24-14(3)27/h5,7,13,18-19,28H,6,8-11H2,1-4H3,(H,23,29)(H,24,27)/t13-,18?,19-/m0/s1. The van der Waals surface area contributed by atoms with Gasteiger partial charge in [0.25, 0.3) is 0 Å². The third-order valence-electron chi connectivity index (χ3n) is 5.58. The molecule has 1 aliphatic heterocycles. The van der Waals surface area contributed by atoms with Crippen molar-refractivity contribution in [2.45, 2.75) is 65.1 Å². The number of likely N-dealkylation sites (tertiary alicyclic amines) is 1. The summed E-state index contributed by atoms with van der Waals surface area (Å²) in [5.41, 5.74) is 3.43. The molecular formula is C22H30N4O4S. The van der Waals surface area contributed by atoms with E-state index in [4.69, 9.17) is 0 Å². The van der Waals surface area contributed by atoms with Gasteiger partial charge in [0.1, 0.15) is 12.1 Å². The number of aromatic nitrogens is 1. The highest BCUT2D eigenvalue weighted by atomic mass is 32.1. The fourth-order valence-corrected chi connectivity index (χ4v) is 5.06. The van der Waals surface area contributed by atoms with Gasteiger partial charge in [-0.25, -0.2) is 4.98 Å². The molecule has 1 aliphatic carbocycles. The lowest BCUT2D eigenvalue weighted by molar-refractivity contribution is -0.140. The molecule has 8 nitrogen and oxygen atoms in total. The van der Waals surface area contributed by atoms with Crippen LogP contribution in [-0.4, -0.2) is 64.0 Å². The molecule has 3 amide bonds. The van der Waals surface area contributed by atoms with Crippen LogP contribution in [0.5, 0.6) is 0 Å². The van der Waals surface area contributed by atoms with Crippen LogP contribution < -0.4 is 10.6 Å². The van der Waals surface area contributed by atoms with Crippen LogP contribution in [-0.2, 0) is 14.4 Å². The Morgan fingerprint density at radius 2 is 2.03 bits per heavy atom. The molecule has 1 unspecified atom stereocenters. The molecular weight excluding hydrogens is 416 g/mol. The van der Waals surface area contributed by atoms with Gasteiger partial charge in [-0.15, -0.1) is 11.3 Å². The fraction of sp³-hybridized carbons (Fsp3) is 0.545. The Hall–Kier alpha value is -2.52. The highest BCUT2D eigenvalue weighted by Crippen LogP contribution is 2.32. The summed E-state index contributed by atoms with van der Waals surface area (Å²) in [6, 6.07) is -1.49. The molecule has 0 saturated carbocycles. The second-order valence-corrected chi connectivity index (χ2v) is 9.40. The first-order valence-electron chi connectivity index (χ1n) is 10.5. The van der Waals surface area contributed by atoms with Gasteiger partial charge in [-0.3, -0.25) is 14.4 Å². The second-order valence-electron chi connectivity index (χ2n) is 8.20. The maximum Gasteiger partial charge on any atom is 0.245 e. The zero-order chi connectivity index (χ0) is 22.7. The van der Waals surface area contributed by atoms with Gasteiger partial charge in [-0.2, -0.15) is 0 Å². The first kappa shape index (κ1) is 23.1. The van der Waals surface area contributed by atoms with Crippen LogP contribution in [0.3, 0.4) is 0 Å². The number of aliphatic hydroxyl groups excluding tert-OH is 1. The van der Waals surface area contributed by atoms with Gasteiger partial charge in [0, 0.05) is 26.4 Å². The van der Waals surface area contributed by atoms with Crippen molar-refractivity contribution < 1.29 is 19.5 Å². The molecule has 1 aromatic heterocycles. The summed E-state index contributed by atoms with van der Waals surface area (Å²) in [4.78, 5) is 43.7. The van der Waals surface area contributed by atoms with Gasteiger partial charge in [0.05, 0.1) is 21.7 Å². The molecule has 2 heterocycles. The summed E-state index contributed by atoms with van der Waals surface area (Å²) >= 11 is 1.70. The quantitative estimate of drug-likeness (QED) is 0.613. The lowest BCUT2D eigenvalue weighted by atomic mass is 9.96. The smallest absolute Gasteiger partial charge is 0.245 e. The number of carbonyl (C=O) groups is 3. The molecule has 3 atom stereocenters. The Labute approximate surface area is 186 Å². The lowest BCUT2D eigenvalue weighted by Crippen LogP contribution is -2.52. The van der Waals surface area contributed by atoms with E-state index in [2.05, 4.69) is 21.7 Å². The number of rotatable bonds is 6. The van der Waals surface area contributed by atoms with Crippen molar-refractivity contribution in [3.8, 4) is 0 Å². The SMILES string of the molecule is CC(=O)N[C@@H](C)C(=O)N1CC(O)C[C@H]1C(=O)NCC1=CC=C(c2sc(C)nc2C)CC1. The van der Waals surface area contributed by atoms with Crippen LogP contribution in [0.25, 0.3) is 5.57 Å². The van der Waals surface area contributed by atoms with Crippen molar-refractivity contribution in [1.82, 2.24) is 20.5 Å². The average molecular weight is 447 g/mol. The maximum atomic E-state index is 12.8. The number of carbonyl (C=O) groups excluding carboxylic acids is 3.